The summed E-state index contributed by atoms with van der Waals surface area (Å²) >= 11 is 0. The van der Waals surface area contributed by atoms with Crippen molar-refractivity contribution < 1.29 is 19.2 Å². The lowest BCUT2D eigenvalue weighted by Gasteiger charge is -2.35. The van der Waals surface area contributed by atoms with Crippen LogP contribution in [0.1, 0.15) is 30.1 Å². The zero-order chi connectivity index (χ0) is 24.1. The largest absolute Gasteiger partial charge is 0.452 e. The van der Waals surface area contributed by atoms with Crippen LogP contribution < -0.4 is 9.80 Å². The van der Waals surface area contributed by atoms with Gasteiger partial charge in [-0.05, 0) is 43.0 Å². The van der Waals surface area contributed by atoms with E-state index in [-0.39, 0.29) is 17.2 Å². The van der Waals surface area contributed by atoms with Gasteiger partial charge in [0.2, 0.25) is 0 Å². The molecular formula is C24H29N5O5. The molecular weight excluding hydrogens is 438 g/mol. The van der Waals surface area contributed by atoms with Crippen LogP contribution in [0, 0.1) is 16.0 Å². The number of pyridine rings is 1. The molecule has 1 aromatic carbocycles. The topological polar surface area (TPSA) is 109 Å². The first-order valence-corrected chi connectivity index (χ1v) is 11.6. The molecule has 4 rings (SSSR count). The van der Waals surface area contributed by atoms with Gasteiger partial charge in [0.25, 0.3) is 11.6 Å². The Bertz CT molecular complexity index is 1040. The standard InChI is InChI=1S/C24H29N5O5/c1-18-5-4-10-28(16-18)20-8-7-19(15-21(20)29(32)33)24(31)34-17-23(30)27-13-11-26(12-14-27)22-6-2-3-9-25-22/h2-3,6-9,15,18H,4-5,10-14,16-17H2,1H3. The Hall–Kier alpha value is -3.69. The molecule has 10 nitrogen and oxygen atoms in total. The number of ether oxygens (including phenoxy) is 1. The quantitative estimate of drug-likeness (QED) is 0.362. The van der Waals surface area contributed by atoms with Crippen molar-refractivity contribution in [3.8, 4) is 0 Å². The van der Waals surface area contributed by atoms with Crippen molar-refractivity contribution in [3.05, 3.63) is 58.3 Å². The number of aromatic nitrogens is 1. The molecule has 1 atom stereocenters. The van der Waals surface area contributed by atoms with Crippen molar-refractivity contribution >= 4 is 29.1 Å². The molecule has 0 bridgehead atoms. The molecule has 0 radical (unpaired) electrons. The van der Waals surface area contributed by atoms with E-state index < -0.39 is 17.5 Å². The second-order valence-corrected chi connectivity index (χ2v) is 8.79. The number of amides is 1. The van der Waals surface area contributed by atoms with E-state index in [0.717, 1.165) is 31.7 Å². The fourth-order valence-electron chi connectivity index (χ4n) is 4.50. The Morgan fingerprint density at radius 1 is 1.12 bits per heavy atom. The fraction of sp³-hybridized carbons (Fsp3) is 0.458. The Balaban J connectivity index is 1.33. The first-order valence-electron chi connectivity index (χ1n) is 11.6. The number of hydrogen-bond donors (Lipinski definition) is 0. The minimum Gasteiger partial charge on any atom is -0.452 e. The smallest absolute Gasteiger partial charge is 0.338 e. The maximum atomic E-state index is 12.5. The van der Waals surface area contributed by atoms with Crippen LogP contribution in [0.5, 0.6) is 0 Å². The van der Waals surface area contributed by atoms with Gasteiger partial charge in [0.05, 0.1) is 10.5 Å². The van der Waals surface area contributed by atoms with E-state index in [9.17, 15) is 19.7 Å². The van der Waals surface area contributed by atoms with Crippen molar-refractivity contribution in [1.82, 2.24) is 9.88 Å². The van der Waals surface area contributed by atoms with Gasteiger partial charge < -0.3 is 19.4 Å². The SMILES string of the molecule is CC1CCCN(c2ccc(C(=O)OCC(=O)N3CCN(c4ccccn4)CC3)cc2[N+](=O)[O-])C1. The van der Waals surface area contributed by atoms with Crippen molar-refractivity contribution in [2.75, 3.05) is 55.7 Å². The number of nitrogens with zero attached hydrogens (tertiary/aromatic N) is 5. The van der Waals surface area contributed by atoms with Gasteiger partial charge in [-0.25, -0.2) is 9.78 Å². The van der Waals surface area contributed by atoms with Gasteiger partial charge in [0, 0.05) is 51.5 Å². The molecule has 34 heavy (non-hydrogen) atoms. The van der Waals surface area contributed by atoms with Gasteiger partial charge in [-0.1, -0.05) is 13.0 Å². The summed E-state index contributed by atoms with van der Waals surface area (Å²) in [5.74, 6) is 0.282. The Labute approximate surface area is 198 Å². The molecule has 1 amide bonds. The highest BCUT2D eigenvalue weighted by molar-refractivity contribution is 5.93. The average Bonchev–Trinajstić information content (AvgIpc) is 2.87. The summed E-state index contributed by atoms with van der Waals surface area (Å²) in [5.41, 5.74) is 0.448. The number of benzene rings is 1. The monoisotopic (exact) mass is 467 g/mol. The lowest BCUT2D eigenvalue weighted by Crippen LogP contribution is -2.50. The number of anilines is 2. The van der Waals surface area contributed by atoms with E-state index in [4.69, 9.17) is 4.74 Å². The molecule has 3 heterocycles. The van der Waals surface area contributed by atoms with Crippen LogP contribution in [0.25, 0.3) is 0 Å². The van der Waals surface area contributed by atoms with Crippen LogP contribution in [0.2, 0.25) is 0 Å². The third-order valence-electron chi connectivity index (χ3n) is 6.34. The number of hydrogen-bond acceptors (Lipinski definition) is 8. The van der Waals surface area contributed by atoms with Gasteiger partial charge in [-0.2, -0.15) is 0 Å². The second kappa shape index (κ2) is 10.5. The van der Waals surface area contributed by atoms with Gasteiger partial charge >= 0.3 is 5.97 Å². The molecule has 2 aliphatic heterocycles. The summed E-state index contributed by atoms with van der Waals surface area (Å²) in [6.45, 7) is 5.49. The van der Waals surface area contributed by atoms with Gasteiger partial charge in [-0.3, -0.25) is 14.9 Å². The highest BCUT2D eigenvalue weighted by atomic mass is 16.6. The molecule has 2 fully saturated rings. The van der Waals surface area contributed by atoms with E-state index in [2.05, 4.69) is 16.8 Å². The fourth-order valence-corrected chi connectivity index (χ4v) is 4.50. The number of esters is 1. The molecule has 1 unspecified atom stereocenters. The van der Waals surface area contributed by atoms with Crippen LogP contribution in [-0.2, 0) is 9.53 Å². The zero-order valence-corrected chi connectivity index (χ0v) is 19.3. The van der Waals surface area contributed by atoms with Crippen molar-refractivity contribution in [2.24, 2.45) is 5.92 Å². The lowest BCUT2D eigenvalue weighted by atomic mass is 9.99. The summed E-state index contributed by atoms with van der Waals surface area (Å²) < 4.78 is 5.20. The summed E-state index contributed by atoms with van der Waals surface area (Å²) in [6, 6.07) is 10.1. The Morgan fingerprint density at radius 3 is 2.59 bits per heavy atom. The maximum absolute atomic E-state index is 12.5. The van der Waals surface area contributed by atoms with Gasteiger partial charge in [-0.15, -0.1) is 0 Å². The van der Waals surface area contributed by atoms with Gasteiger partial charge in [0.1, 0.15) is 11.5 Å². The maximum Gasteiger partial charge on any atom is 0.338 e. The molecule has 10 heteroatoms. The third-order valence-corrected chi connectivity index (χ3v) is 6.34. The van der Waals surface area contributed by atoms with E-state index in [1.807, 2.05) is 23.1 Å². The number of nitro groups is 1. The summed E-state index contributed by atoms with van der Waals surface area (Å²) in [4.78, 5) is 46.4. The Morgan fingerprint density at radius 2 is 1.91 bits per heavy atom. The van der Waals surface area contributed by atoms with E-state index in [0.29, 0.717) is 37.8 Å². The van der Waals surface area contributed by atoms with Crippen LogP contribution in [-0.4, -0.2) is 72.6 Å². The first kappa shape index (κ1) is 23.5. The normalized spacial score (nSPS) is 18.5. The second-order valence-electron chi connectivity index (χ2n) is 8.79. The molecule has 0 aliphatic carbocycles. The number of rotatable bonds is 6. The molecule has 1 aromatic heterocycles. The predicted molar refractivity (Wildman–Crippen MR) is 127 cm³/mol. The van der Waals surface area contributed by atoms with E-state index >= 15 is 0 Å². The highest BCUT2D eigenvalue weighted by Crippen LogP contribution is 2.32. The van der Waals surface area contributed by atoms with Crippen molar-refractivity contribution in [2.45, 2.75) is 19.8 Å². The minimum atomic E-state index is -0.748. The highest BCUT2D eigenvalue weighted by Gasteiger charge is 2.27. The molecule has 0 saturated carbocycles. The van der Waals surface area contributed by atoms with Crippen molar-refractivity contribution in [1.29, 1.82) is 0 Å². The number of carbonyl (C=O) groups is 2. The summed E-state index contributed by atoms with van der Waals surface area (Å²) in [7, 11) is 0. The average molecular weight is 468 g/mol. The van der Waals surface area contributed by atoms with Crippen LogP contribution in [0.15, 0.2) is 42.6 Å². The number of carbonyl (C=O) groups excluding carboxylic acids is 2. The molecule has 2 aromatic rings. The van der Waals surface area contributed by atoms with Crippen molar-refractivity contribution in [3.63, 3.8) is 0 Å². The zero-order valence-electron chi connectivity index (χ0n) is 19.3. The molecule has 2 aliphatic rings. The lowest BCUT2D eigenvalue weighted by molar-refractivity contribution is -0.384. The van der Waals surface area contributed by atoms with Crippen LogP contribution >= 0.6 is 0 Å². The van der Waals surface area contributed by atoms with E-state index in [1.165, 1.54) is 12.1 Å². The van der Waals surface area contributed by atoms with E-state index in [1.54, 1.807) is 17.2 Å². The summed E-state index contributed by atoms with van der Waals surface area (Å²) in [5, 5.41) is 11.7. The molecule has 2 saturated heterocycles. The minimum absolute atomic E-state index is 0.0632. The number of piperazine rings is 1. The molecule has 0 N–H and O–H groups in total. The van der Waals surface area contributed by atoms with Crippen LogP contribution in [0.4, 0.5) is 17.2 Å². The van der Waals surface area contributed by atoms with Gasteiger partial charge in [0.15, 0.2) is 6.61 Å². The summed E-state index contributed by atoms with van der Waals surface area (Å²) in [6.07, 6.45) is 3.80. The number of nitro benzene ring substituents is 1. The Kier molecular flexibility index (Phi) is 7.24. The predicted octanol–water partition coefficient (Wildman–Crippen LogP) is 2.73. The molecule has 180 valence electrons. The number of piperidine rings is 1. The molecule has 0 spiro atoms. The first-order chi connectivity index (χ1) is 16.4. The third kappa shape index (κ3) is 5.44. The van der Waals surface area contributed by atoms with Crippen LogP contribution in [0.3, 0.4) is 0 Å².